The van der Waals surface area contributed by atoms with Gasteiger partial charge in [0.05, 0.1) is 6.61 Å². The second kappa shape index (κ2) is 4.92. The molecule has 3 heterocycles. The molecule has 2 aliphatic rings. The third-order valence-electron chi connectivity index (χ3n) is 3.82. The molecule has 2 bridgehead atoms. The molecule has 1 aromatic heterocycles. The van der Waals surface area contributed by atoms with Gasteiger partial charge in [0.15, 0.2) is 0 Å². The number of ether oxygens (including phenoxy) is 1. The van der Waals surface area contributed by atoms with Crippen molar-refractivity contribution in [2.24, 2.45) is 0 Å². The number of nitrogens with zero attached hydrogens (tertiary/aromatic N) is 3. The largest absolute Gasteiger partial charge is 0.478 e. The Morgan fingerprint density at radius 1 is 1.39 bits per heavy atom. The predicted molar refractivity (Wildman–Crippen MR) is 71.4 cm³/mol. The summed E-state index contributed by atoms with van der Waals surface area (Å²) in [4.78, 5) is 11.3. The summed E-state index contributed by atoms with van der Waals surface area (Å²) in [5.74, 6) is 1.46. The fourth-order valence-corrected chi connectivity index (χ4v) is 3.53. The molecule has 0 aliphatic carbocycles. The topological polar surface area (TPSA) is 38.2 Å². The van der Waals surface area contributed by atoms with Crippen molar-refractivity contribution in [1.82, 2.24) is 9.97 Å². The zero-order valence-corrected chi connectivity index (χ0v) is 11.3. The van der Waals surface area contributed by atoms with Crippen molar-refractivity contribution in [3.05, 3.63) is 12.3 Å². The standard InChI is InChI=1S/C13H18ClN3O/c1-2-18-12-5-6-15-13(16-12)17-10-3-4-11(17)8-9(14)7-10/h5-6,9-11H,2-4,7-8H2,1H3. The Bertz CT molecular complexity index is 414. The van der Waals surface area contributed by atoms with Gasteiger partial charge in [0.1, 0.15) is 0 Å². The first kappa shape index (κ1) is 12.0. The fraction of sp³-hybridized carbons (Fsp3) is 0.692. The van der Waals surface area contributed by atoms with Crippen LogP contribution in [-0.2, 0) is 0 Å². The Hall–Kier alpha value is -1.03. The normalized spacial score (nSPS) is 30.6. The highest BCUT2D eigenvalue weighted by Crippen LogP contribution is 2.39. The van der Waals surface area contributed by atoms with Gasteiger partial charge in [-0.25, -0.2) is 4.98 Å². The zero-order chi connectivity index (χ0) is 12.5. The number of piperidine rings is 1. The van der Waals surface area contributed by atoms with E-state index in [9.17, 15) is 0 Å². The molecule has 0 saturated carbocycles. The van der Waals surface area contributed by atoms with E-state index >= 15 is 0 Å². The number of halogens is 1. The molecular formula is C13H18ClN3O. The molecule has 3 rings (SSSR count). The lowest BCUT2D eigenvalue weighted by Crippen LogP contribution is -2.44. The molecule has 98 valence electrons. The Balaban J connectivity index is 1.84. The lowest BCUT2D eigenvalue weighted by molar-refractivity contribution is 0.325. The first-order valence-corrected chi connectivity index (χ1v) is 7.10. The number of aromatic nitrogens is 2. The first-order chi connectivity index (χ1) is 8.78. The van der Waals surface area contributed by atoms with E-state index in [4.69, 9.17) is 16.3 Å². The van der Waals surface area contributed by atoms with Crippen LogP contribution in [0.1, 0.15) is 32.6 Å². The molecule has 0 amide bonds. The van der Waals surface area contributed by atoms with Crippen LogP contribution in [0.4, 0.5) is 5.95 Å². The van der Waals surface area contributed by atoms with Gasteiger partial charge in [0.25, 0.3) is 0 Å². The molecule has 1 aromatic rings. The summed E-state index contributed by atoms with van der Waals surface area (Å²) in [7, 11) is 0. The van der Waals surface area contributed by atoms with E-state index in [0.717, 1.165) is 18.8 Å². The molecule has 2 unspecified atom stereocenters. The van der Waals surface area contributed by atoms with Crippen LogP contribution in [0.2, 0.25) is 0 Å². The number of alkyl halides is 1. The summed E-state index contributed by atoms with van der Waals surface area (Å²) in [6, 6.07) is 2.81. The molecular weight excluding hydrogens is 250 g/mol. The average molecular weight is 268 g/mol. The molecule has 5 heteroatoms. The smallest absolute Gasteiger partial charge is 0.229 e. The number of hydrogen-bond donors (Lipinski definition) is 0. The molecule has 18 heavy (non-hydrogen) atoms. The molecule has 2 fully saturated rings. The third kappa shape index (κ3) is 2.14. The third-order valence-corrected chi connectivity index (χ3v) is 4.17. The maximum Gasteiger partial charge on any atom is 0.229 e. The van der Waals surface area contributed by atoms with Gasteiger partial charge < -0.3 is 9.64 Å². The predicted octanol–water partition coefficient (Wildman–Crippen LogP) is 2.61. The van der Waals surface area contributed by atoms with Crippen LogP contribution in [0.25, 0.3) is 0 Å². The van der Waals surface area contributed by atoms with Gasteiger partial charge in [0.2, 0.25) is 11.8 Å². The summed E-state index contributed by atoms with van der Waals surface area (Å²) >= 11 is 6.29. The van der Waals surface area contributed by atoms with Crippen molar-refractivity contribution >= 4 is 17.5 Å². The van der Waals surface area contributed by atoms with Crippen LogP contribution in [0.3, 0.4) is 0 Å². The lowest BCUT2D eigenvalue weighted by atomic mass is 10.0. The molecule has 0 radical (unpaired) electrons. The summed E-state index contributed by atoms with van der Waals surface area (Å²) < 4.78 is 5.45. The van der Waals surface area contributed by atoms with Crippen LogP contribution in [-0.4, -0.2) is 34.0 Å². The highest BCUT2D eigenvalue weighted by atomic mass is 35.5. The summed E-state index contributed by atoms with van der Waals surface area (Å²) in [5.41, 5.74) is 0. The second-order valence-corrected chi connectivity index (χ2v) is 5.61. The highest BCUT2D eigenvalue weighted by Gasteiger charge is 2.41. The van der Waals surface area contributed by atoms with E-state index in [1.165, 1.54) is 12.8 Å². The van der Waals surface area contributed by atoms with Crippen LogP contribution >= 0.6 is 11.6 Å². The van der Waals surface area contributed by atoms with E-state index in [1.807, 2.05) is 13.0 Å². The number of fused-ring (bicyclic) bond motifs is 2. The minimum Gasteiger partial charge on any atom is -0.478 e. The monoisotopic (exact) mass is 267 g/mol. The van der Waals surface area contributed by atoms with Gasteiger partial charge in [-0.15, -0.1) is 11.6 Å². The molecule has 2 aliphatic heterocycles. The summed E-state index contributed by atoms with van der Waals surface area (Å²) in [5, 5.41) is 0.314. The van der Waals surface area contributed by atoms with E-state index < -0.39 is 0 Å². The van der Waals surface area contributed by atoms with Crippen LogP contribution in [0, 0.1) is 0 Å². The highest BCUT2D eigenvalue weighted by molar-refractivity contribution is 6.20. The molecule has 2 atom stereocenters. The Labute approximate surface area is 112 Å². The van der Waals surface area contributed by atoms with Crippen molar-refractivity contribution in [2.75, 3.05) is 11.5 Å². The fourth-order valence-electron chi connectivity index (χ4n) is 3.12. The average Bonchev–Trinajstić information content (AvgIpc) is 2.63. The number of anilines is 1. The van der Waals surface area contributed by atoms with Crippen molar-refractivity contribution < 1.29 is 4.74 Å². The quantitative estimate of drug-likeness (QED) is 0.789. The van der Waals surface area contributed by atoms with Crippen LogP contribution in [0.5, 0.6) is 5.88 Å². The SMILES string of the molecule is CCOc1ccnc(N2C3CCC2CC(Cl)C3)n1. The zero-order valence-electron chi connectivity index (χ0n) is 10.6. The molecule has 4 nitrogen and oxygen atoms in total. The van der Waals surface area contributed by atoms with Crippen molar-refractivity contribution in [1.29, 1.82) is 0 Å². The number of hydrogen-bond acceptors (Lipinski definition) is 4. The van der Waals surface area contributed by atoms with Crippen molar-refractivity contribution in [3.8, 4) is 5.88 Å². The van der Waals surface area contributed by atoms with E-state index in [0.29, 0.717) is 29.9 Å². The summed E-state index contributed by atoms with van der Waals surface area (Å²) in [6.07, 6.45) is 6.27. The van der Waals surface area contributed by atoms with Crippen molar-refractivity contribution in [2.45, 2.75) is 50.1 Å². The maximum absolute atomic E-state index is 6.29. The Morgan fingerprint density at radius 2 is 2.11 bits per heavy atom. The van der Waals surface area contributed by atoms with Gasteiger partial charge in [-0.1, -0.05) is 0 Å². The van der Waals surface area contributed by atoms with Crippen LogP contribution < -0.4 is 9.64 Å². The Kier molecular flexibility index (Phi) is 3.29. The minimum atomic E-state index is 0.314. The molecule has 0 spiro atoms. The van der Waals surface area contributed by atoms with E-state index in [-0.39, 0.29) is 0 Å². The van der Waals surface area contributed by atoms with E-state index in [2.05, 4.69) is 14.9 Å². The molecule has 0 aromatic carbocycles. The van der Waals surface area contributed by atoms with Gasteiger partial charge >= 0.3 is 0 Å². The van der Waals surface area contributed by atoms with E-state index in [1.54, 1.807) is 6.20 Å². The van der Waals surface area contributed by atoms with Gasteiger partial charge in [0, 0.05) is 29.7 Å². The van der Waals surface area contributed by atoms with Gasteiger partial charge in [-0.05, 0) is 32.6 Å². The Morgan fingerprint density at radius 3 is 2.78 bits per heavy atom. The van der Waals surface area contributed by atoms with Crippen molar-refractivity contribution in [3.63, 3.8) is 0 Å². The second-order valence-electron chi connectivity index (χ2n) is 4.99. The summed E-state index contributed by atoms with van der Waals surface area (Å²) in [6.45, 7) is 2.59. The first-order valence-electron chi connectivity index (χ1n) is 6.66. The molecule has 0 N–H and O–H groups in total. The van der Waals surface area contributed by atoms with Gasteiger partial charge in [-0.3, -0.25) is 0 Å². The minimum absolute atomic E-state index is 0.314. The molecule has 2 saturated heterocycles. The van der Waals surface area contributed by atoms with Crippen LogP contribution in [0.15, 0.2) is 12.3 Å². The maximum atomic E-state index is 6.29. The lowest BCUT2D eigenvalue weighted by Gasteiger charge is -2.36. The van der Waals surface area contributed by atoms with Gasteiger partial charge in [-0.2, -0.15) is 4.98 Å². The number of rotatable bonds is 3.